The Morgan fingerprint density at radius 1 is 1.44 bits per heavy atom. The van der Waals surface area contributed by atoms with Crippen molar-refractivity contribution < 1.29 is 9.18 Å². The van der Waals surface area contributed by atoms with E-state index in [1.54, 1.807) is 6.07 Å². The van der Waals surface area contributed by atoms with Crippen LogP contribution in [0.1, 0.15) is 19.8 Å². The van der Waals surface area contributed by atoms with Gasteiger partial charge in [0.15, 0.2) is 0 Å². The number of benzene rings is 1. The van der Waals surface area contributed by atoms with Crippen LogP contribution in [-0.2, 0) is 4.79 Å². The first kappa shape index (κ1) is 12.7. The van der Waals surface area contributed by atoms with Gasteiger partial charge in [-0.05, 0) is 31.0 Å². The molecule has 5 heteroatoms. The summed E-state index contributed by atoms with van der Waals surface area (Å²) >= 11 is 0. The average Bonchev–Trinajstić information content (AvgIpc) is 2.30. The Kier molecular flexibility index (Phi) is 3.69. The number of nitrogen functional groups attached to an aromatic ring is 1. The van der Waals surface area contributed by atoms with Crippen molar-refractivity contribution in [2.75, 3.05) is 23.7 Å². The van der Waals surface area contributed by atoms with Crippen molar-refractivity contribution in [3.05, 3.63) is 24.0 Å². The Morgan fingerprint density at radius 3 is 2.67 bits per heavy atom. The lowest BCUT2D eigenvalue weighted by atomic mass is 10.0. The molecule has 1 aliphatic rings. The zero-order valence-corrected chi connectivity index (χ0v) is 10.4. The first-order valence-electron chi connectivity index (χ1n) is 6.13. The molecule has 98 valence electrons. The second-order valence-corrected chi connectivity index (χ2v) is 4.66. The maximum Gasteiger partial charge on any atom is 0.217 e. The SMILES string of the molecule is CC(=O)NC1CCN(c2ccc(F)cc2N)CC1. The second kappa shape index (κ2) is 5.25. The Balaban J connectivity index is 1.99. The molecule has 0 atom stereocenters. The summed E-state index contributed by atoms with van der Waals surface area (Å²) in [6, 6.07) is 4.71. The van der Waals surface area contributed by atoms with Crippen molar-refractivity contribution in [1.82, 2.24) is 5.32 Å². The van der Waals surface area contributed by atoms with Crippen LogP contribution in [0.15, 0.2) is 18.2 Å². The molecule has 0 spiro atoms. The molecular weight excluding hydrogens is 233 g/mol. The third-order valence-corrected chi connectivity index (χ3v) is 3.23. The van der Waals surface area contributed by atoms with Crippen LogP contribution < -0.4 is 16.0 Å². The summed E-state index contributed by atoms with van der Waals surface area (Å²) in [6.45, 7) is 3.17. The molecule has 1 saturated heterocycles. The third kappa shape index (κ3) is 2.91. The lowest BCUT2D eigenvalue weighted by molar-refractivity contribution is -0.119. The van der Waals surface area contributed by atoms with E-state index in [9.17, 15) is 9.18 Å². The summed E-state index contributed by atoms with van der Waals surface area (Å²) in [5.74, 6) is -0.306. The monoisotopic (exact) mass is 251 g/mol. The molecule has 1 heterocycles. The minimum Gasteiger partial charge on any atom is -0.397 e. The van der Waals surface area contributed by atoms with Crippen molar-refractivity contribution in [2.45, 2.75) is 25.8 Å². The Labute approximate surface area is 106 Å². The molecule has 0 unspecified atom stereocenters. The molecule has 4 nitrogen and oxygen atoms in total. The maximum atomic E-state index is 13.0. The van der Waals surface area contributed by atoms with Crippen LogP contribution in [0.2, 0.25) is 0 Å². The first-order valence-corrected chi connectivity index (χ1v) is 6.13. The zero-order valence-electron chi connectivity index (χ0n) is 10.4. The standard InChI is InChI=1S/C13H18FN3O/c1-9(18)16-11-4-6-17(7-5-11)13-3-2-10(14)8-12(13)15/h2-3,8,11H,4-7,15H2,1H3,(H,16,18). The van der Waals surface area contributed by atoms with Gasteiger partial charge in [-0.3, -0.25) is 4.79 Å². The largest absolute Gasteiger partial charge is 0.397 e. The molecule has 3 N–H and O–H groups in total. The topological polar surface area (TPSA) is 58.4 Å². The number of halogens is 1. The molecule has 0 aromatic heterocycles. The number of hydrogen-bond acceptors (Lipinski definition) is 3. The van der Waals surface area contributed by atoms with Gasteiger partial charge >= 0.3 is 0 Å². The van der Waals surface area contributed by atoms with Gasteiger partial charge in [0.25, 0.3) is 0 Å². The number of nitrogens with one attached hydrogen (secondary N) is 1. The van der Waals surface area contributed by atoms with E-state index >= 15 is 0 Å². The first-order chi connectivity index (χ1) is 8.56. The van der Waals surface area contributed by atoms with E-state index in [1.165, 1.54) is 19.1 Å². The molecule has 1 aromatic rings. The molecule has 1 amide bonds. The summed E-state index contributed by atoms with van der Waals surface area (Å²) in [4.78, 5) is 13.1. The highest BCUT2D eigenvalue weighted by Gasteiger charge is 2.21. The van der Waals surface area contributed by atoms with E-state index in [0.717, 1.165) is 31.6 Å². The van der Waals surface area contributed by atoms with Gasteiger partial charge in [-0.2, -0.15) is 0 Å². The number of carbonyl (C=O) groups excluding carboxylic acids is 1. The zero-order chi connectivity index (χ0) is 13.1. The molecule has 0 bridgehead atoms. The highest BCUT2D eigenvalue weighted by Crippen LogP contribution is 2.26. The smallest absolute Gasteiger partial charge is 0.217 e. The van der Waals surface area contributed by atoms with Crippen LogP contribution in [0.4, 0.5) is 15.8 Å². The lowest BCUT2D eigenvalue weighted by Gasteiger charge is -2.34. The quantitative estimate of drug-likeness (QED) is 0.783. The summed E-state index contributed by atoms with van der Waals surface area (Å²) in [5, 5.41) is 2.92. The summed E-state index contributed by atoms with van der Waals surface area (Å²) in [6.07, 6.45) is 1.77. The number of rotatable bonds is 2. The molecular formula is C13H18FN3O. The van der Waals surface area contributed by atoms with Crippen LogP contribution in [0, 0.1) is 5.82 Å². The number of hydrogen-bond donors (Lipinski definition) is 2. The summed E-state index contributed by atoms with van der Waals surface area (Å²) in [5.41, 5.74) is 7.15. The highest BCUT2D eigenvalue weighted by molar-refractivity contribution is 5.73. The molecule has 1 fully saturated rings. The maximum absolute atomic E-state index is 13.0. The number of carbonyl (C=O) groups is 1. The van der Waals surface area contributed by atoms with Crippen LogP contribution in [0.3, 0.4) is 0 Å². The van der Waals surface area contributed by atoms with Crippen LogP contribution in [0.25, 0.3) is 0 Å². The van der Waals surface area contributed by atoms with E-state index in [4.69, 9.17) is 5.73 Å². The predicted molar refractivity (Wildman–Crippen MR) is 69.9 cm³/mol. The van der Waals surface area contributed by atoms with E-state index < -0.39 is 0 Å². The van der Waals surface area contributed by atoms with E-state index in [0.29, 0.717) is 5.69 Å². The van der Waals surface area contributed by atoms with Crippen molar-refractivity contribution in [2.24, 2.45) is 0 Å². The van der Waals surface area contributed by atoms with Gasteiger partial charge in [-0.15, -0.1) is 0 Å². The van der Waals surface area contributed by atoms with Crippen molar-refractivity contribution in [3.63, 3.8) is 0 Å². The fraction of sp³-hybridized carbons (Fsp3) is 0.462. The highest BCUT2D eigenvalue weighted by atomic mass is 19.1. The molecule has 2 rings (SSSR count). The molecule has 18 heavy (non-hydrogen) atoms. The van der Waals surface area contributed by atoms with Crippen molar-refractivity contribution >= 4 is 17.3 Å². The molecule has 1 aromatic carbocycles. The third-order valence-electron chi connectivity index (χ3n) is 3.23. The lowest BCUT2D eigenvalue weighted by Crippen LogP contribution is -2.44. The van der Waals surface area contributed by atoms with E-state index in [1.807, 2.05) is 0 Å². The van der Waals surface area contributed by atoms with Crippen LogP contribution in [0.5, 0.6) is 0 Å². The predicted octanol–water partition coefficient (Wildman–Crippen LogP) is 1.51. The van der Waals surface area contributed by atoms with Crippen LogP contribution >= 0.6 is 0 Å². The van der Waals surface area contributed by atoms with Gasteiger partial charge in [0.2, 0.25) is 5.91 Å². The van der Waals surface area contributed by atoms with E-state index in [2.05, 4.69) is 10.2 Å². The fourth-order valence-corrected chi connectivity index (χ4v) is 2.37. The van der Waals surface area contributed by atoms with Gasteiger partial charge in [-0.25, -0.2) is 4.39 Å². The Hall–Kier alpha value is -1.78. The van der Waals surface area contributed by atoms with Crippen LogP contribution in [-0.4, -0.2) is 25.0 Å². The van der Waals surface area contributed by atoms with Gasteiger partial charge < -0.3 is 16.0 Å². The van der Waals surface area contributed by atoms with Crippen molar-refractivity contribution in [3.8, 4) is 0 Å². The molecule has 0 radical (unpaired) electrons. The second-order valence-electron chi connectivity index (χ2n) is 4.66. The number of anilines is 2. The molecule has 0 saturated carbocycles. The average molecular weight is 251 g/mol. The Bertz CT molecular complexity index is 442. The molecule has 0 aliphatic carbocycles. The van der Waals surface area contributed by atoms with Crippen molar-refractivity contribution in [1.29, 1.82) is 0 Å². The minimum absolute atomic E-state index is 0.00902. The van der Waals surface area contributed by atoms with Gasteiger partial charge in [0.05, 0.1) is 11.4 Å². The summed E-state index contributed by atoms with van der Waals surface area (Å²) < 4.78 is 13.0. The van der Waals surface area contributed by atoms with Gasteiger partial charge in [0, 0.05) is 26.1 Å². The number of nitrogens with zero attached hydrogens (tertiary/aromatic N) is 1. The van der Waals surface area contributed by atoms with Gasteiger partial charge in [-0.1, -0.05) is 0 Å². The number of piperidine rings is 1. The normalized spacial score (nSPS) is 16.7. The van der Waals surface area contributed by atoms with Gasteiger partial charge in [0.1, 0.15) is 5.82 Å². The minimum atomic E-state index is -0.315. The molecule has 1 aliphatic heterocycles. The Morgan fingerprint density at radius 2 is 2.11 bits per heavy atom. The summed E-state index contributed by atoms with van der Waals surface area (Å²) in [7, 11) is 0. The van der Waals surface area contributed by atoms with E-state index in [-0.39, 0.29) is 17.8 Å². The fourth-order valence-electron chi connectivity index (χ4n) is 2.37. The number of amides is 1. The number of nitrogens with two attached hydrogens (primary N) is 1.